The van der Waals surface area contributed by atoms with Gasteiger partial charge in [0.15, 0.2) is 6.10 Å². The smallest absolute Gasteiger partial charge is 0.261 e. The highest BCUT2D eigenvalue weighted by molar-refractivity contribution is 5.84. The van der Waals surface area contributed by atoms with Crippen molar-refractivity contribution in [3.8, 4) is 5.75 Å². The largest absolute Gasteiger partial charge is 0.481 e. The minimum Gasteiger partial charge on any atom is -0.481 e. The lowest BCUT2D eigenvalue weighted by Crippen LogP contribution is -2.44. The van der Waals surface area contributed by atoms with Gasteiger partial charge in [0.05, 0.1) is 0 Å². The van der Waals surface area contributed by atoms with E-state index in [0.29, 0.717) is 12.0 Å². The average molecular weight is 309 g/mol. The Bertz CT molecular complexity index is 726. The van der Waals surface area contributed by atoms with E-state index in [1.165, 1.54) is 24.6 Å². The molecule has 0 radical (unpaired) electrons. The second-order valence-electron chi connectivity index (χ2n) is 7.06. The van der Waals surface area contributed by atoms with Crippen LogP contribution in [0.4, 0.5) is 0 Å². The molecule has 2 saturated carbocycles. The topological polar surface area (TPSA) is 38.3 Å². The first-order valence-electron chi connectivity index (χ1n) is 8.65. The van der Waals surface area contributed by atoms with Crippen LogP contribution in [0.15, 0.2) is 42.5 Å². The van der Waals surface area contributed by atoms with Crippen molar-refractivity contribution in [1.82, 2.24) is 5.32 Å². The van der Waals surface area contributed by atoms with Gasteiger partial charge in [-0.05, 0) is 60.9 Å². The lowest BCUT2D eigenvalue weighted by Gasteiger charge is -2.24. The molecule has 2 fully saturated rings. The van der Waals surface area contributed by atoms with Crippen molar-refractivity contribution >= 4 is 16.7 Å². The van der Waals surface area contributed by atoms with E-state index in [1.807, 2.05) is 37.3 Å². The van der Waals surface area contributed by atoms with Crippen molar-refractivity contribution in [2.75, 3.05) is 0 Å². The Hall–Kier alpha value is -2.03. The van der Waals surface area contributed by atoms with Gasteiger partial charge in [-0.2, -0.15) is 0 Å². The van der Waals surface area contributed by atoms with Crippen LogP contribution >= 0.6 is 0 Å². The molecular weight excluding hydrogens is 286 g/mol. The normalized spacial score (nSPS) is 27.1. The number of hydrogen-bond donors (Lipinski definition) is 1. The summed E-state index contributed by atoms with van der Waals surface area (Å²) in [7, 11) is 0. The summed E-state index contributed by atoms with van der Waals surface area (Å²) < 4.78 is 5.86. The molecule has 1 N–H and O–H groups in total. The lowest BCUT2D eigenvalue weighted by atomic mass is 9.95. The van der Waals surface area contributed by atoms with E-state index in [4.69, 9.17) is 4.74 Å². The Morgan fingerprint density at radius 2 is 1.96 bits per heavy atom. The summed E-state index contributed by atoms with van der Waals surface area (Å²) >= 11 is 0. The summed E-state index contributed by atoms with van der Waals surface area (Å²) in [6.45, 7) is 1.83. The van der Waals surface area contributed by atoms with Crippen LogP contribution in [-0.4, -0.2) is 18.1 Å². The second-order valence-corrected chi connectivity index (χ2v) is 7.06. The van der Waals surface area contributed by atoms with E-state index in [9.17, 15) is 4.79 Å². The second kappa shape index (κ2) is 5.88. The minimum atomic E-state index is -0.463. The average Bonchev–Trinajstić information content (AvgIpc) is 3.17. The summed E-state index contributed by atoms with van der Waals surface area (Å²) in [4.78, 5) is 12.4. The molecular formula is C20H23NO2. The van der Waals surface area contributed by atoms with E-state index in [2.05, 4.69) is 17.4 Å². The van der Waals surface area contributed by atoms with Crippen molar-refractivity contribution in [3.63, 3.8) is 0 Å². The molecule has 4 atom stereocenters. The quantitative estimate of drug-likeness (QED) is 0.930. The van der Waals surface area contributed by atoms with E-state index >= 15 is 0 Å². The summed E-state index contributed by atoms with van der Waals surface area (Å²) in [5, 5.41) is 5.51. The highest BCUT2D eigenvalue weighted by Gasteiger charge is 2.40. The standard InChI is InChI=1S/C20H23NO2/c1-13(20(22)21-19-11-14-6-7-17(19)10-14)23-18-9-8-15-4-2-3-5-16(15)12-18/h2-5,8-9,12-14,17,19H,6-7,10-11H2,1H3,(H,21,22)/t13-,14-,17-,19-/m1/s1. The highest BCUT2D eigenvalue weighted by atomic mass is 16.5. The van der Waals surface area contributed by atoms with Gasteiger partial charge in [-0.3, -0.25) is 4.79 Å². The zero-order chi connectivity index (χ0) is 15.8. The molecule has 1 amide bonds. The number of ether oxygens (including phenoxy) is 1. The van der Waals surface area contributed by atoms with Crippen molar-refractivity contribution in [1.29, 1.82) is 0 Å². The SMILES string of the molecule is C[C@@H](Oc1ccc2ccccc2c1)C(=O)N[C@@H]1C[C@@H]2CC[C@@H]1C2. The van der Waals surface area contributed by atoms with Crippen LogP contribution in [0.3, 0.4) is 0 Å². The van der Waals surface area contributed by atoms with E-state index in [-0.39, 0.29) is 5.91 Å². The number of carbonyl (C=O) groups excluding carboxylic acids is 1. The first kappa shape index (κ1) is 14.6. The molecule has 0 aromatic heterocycles. The first-order chi connectivity index (χ1) is 11.2. The van der Waals surface area contributed by atoms with Crippen LogP contribution in [-0.2, 0) is 4.79 Å². The van der Waals surface area contributed by atoms with Gasteiger partial charge in [0.2, 0.25) is 0 Å². The molecule has 0 saturated heterocycles. The highest BCUT2D eigenvalue weighted by Crippen LogP contribution is 2.44. The molecule has 3 nitrogen and oxygen atoms in total. The summed E-state index contributed by atoms with van der Waals surface area (Å²) in [6, 6.07) is 14.5. The fourth-order valence-electron chi connectivity index (χ4n) is 4.22. The number of amides is 1. The molecule has 2 aromatic rings. The van der Waals surface area contributed by atoms with Gasteiger partial charge < -0.3 is 10.1 Å². The molecule has 23 heavy (non-hydrogen) atoms. The van der Waals surface area contributed by atoms with Gasteiger partial charge in [-0.25, -0.2) is 0 Å². The third kappa shape index (κ3) is 2.92. The van der Waals surface area contributed by atoms with Gasteiger partial charge in [-0.15, -0.1) is 0 Å². The molecule has 120 valence electrons. The predicted octanol–water partition coefficient (Wildman–Crippen LogP) is 3.91. The van der Waals surface area contributed by atoms with E-state index in [0.717, 1.165) is 23.5 Å². The zero-order valence-corrected chi connectivity index (χ0v) is 13.5. The Morgan fingerprint density at radius 3 is 2.70 bits per heavy atom. The lowest BCUT2D eigenvalue weighted by molar-refractivity contribution is -0.128. The van der Waals surface area contributed by atoms with Crippen molar-refractivity contribution < 1.29 is 9.53 Å². The molecule has 0 aliphatic heterocycles. The maximum absolute atomic E-state index is 12.4. The maximum atomic E-state index is 12.4. The van der Waals surface area contributed by atoms with E-state index < -0.39 is 6.10 Å². The van der Waals surface area contributed by atoms with Crippen LogP contribution in [0.25, 0.3) is 10.8 Å². The number of nitrogens with one attached hydrogen (secondary N) is 1. The summed E-state index contributed by atoms with van der Waals surface area (Å²) in [5.41, 5.74) is 0. The predicted molar refractivity (Wildman–Crippen MR) is 91.4 cm³/mol. The third-order valence-electron chi connectivity index (χ3n) is 5.47. The molecule has 2 aromatic carbocycles. The Morgan fingerprint density at radius 1 is 1.13 bits per heavy atom. The minimum absolute atomic E-state index is 0.00992. The first-order valence-corrected chi connectivity index (χ1v) is 8.65. The van der Waals surface area contributed by atoms with Crippen LogP contribution in [0.5, 0.6) is 5.75 Å². The molecule has 2 bridgehead atoms. The van der Waals surface area contributed by atoms with Crippen LogP contribution in [0.2, 0.25) is 0 Å². The Labute approximate surface area is 137 Å². The van der Waals surface area contributed by atoms with Crippen LogP contribution in [0, 0.1) is 11.8 Å². The summed E-state index contributed by atoms with van der Waals surface area (Å²) in [6.07, 6.45) is 4.61. The van der Waals surface area contributed by atoms with Crippen molar-refractivity contribution in [2.24, 2.45) is 11.8 Å². The number of rotatable bonds is 4. The van der Waals surface area contributed by atoms with Crippen molar-refractivity contribution in [2.45, 2.75) is 44.8 Å². The molecule has 0 spiro atoms. The van der Waals surface area contributed by atoms with Gasteiger partial charge in [0.1, 0.15) is 5.75 Å². The fourth-order valence-corrected chi connectivity index (χ4v) is 4.22. The number of hydrogen-bond acceptors (Lipinski definition) is 2. The number of fused-ring (bicyclic) bond motifs is 3. The van der Waals surface area contributed by atoms with Crippen LogP contribution < -0.4 is 10.1 Å². The molecule has 0 heterocycles. The molecule has 2 aliphatic carbocycles. The van der Waals surface area contributed by atoms with Crippen LogP contribution in [0.1, 0.15) is 32.6 Å². The zero-order valence-electron chi connectivity index (χ0n) is 13.5. The molecule has 0 unspecified atom stereocenters. The number of carbonyl (C=O) groups is 1. The Kier molecular flexibility index (Phi) is 3.72. The van der Waals surface area contributed by atoms with Gasteiger partial charge in [0.25, 0.3) is 5.91 Å². The maximum Gasteiger partial charge on any atom is 0.261 e. The Balaban J connectivity index is 1.39. The number of benzene rings is 2. The van der Waals surface area contributed by atoms with E-state index in [1.54, 1.807) is 0 Å². The molecule has 2 aliphatic rings. The van der Waals surface area contributed by atoms with Gasteiger partial charge in [0, 0.05) is 6.04 Å². The monoisotopic (exact) mass is 309 g/mol. The van der Waals surface area contributed by atoms with Gasteiger partial charge >= 0.3 is 0 Å². The third-order valence-corrected chi connectivity index (χ3v) is 5.47. The fraction of sp³-hybridized carbons (Fsp3) is 0.450. The molecule has 4 rings (SSSR count). The van der Waals surface area contributed by atoms with Crippen molar-refractivity contribution in [3.05, 3.63) is 42.5 Å². The molecule has 3 heteroatoms. The summed E-state index contributed by atoms with van der Waals surface area (Å²) in [5.74, 6) is 2.29. The van der Waals surface area contributed by atoms with Gasteiger partial charge in [-0.1, -0.05) is 36.8 Å².